The van der Waals surface area contributed by atoms with Gasteiger partial charge in [0.1, 0.15) is 11.4 Å². The Bertz CT molecular complexity index is 510. The Balaban J connectivity index is 2.48. The van der Waals surface area contributed by atoms with Gasteiger partial charge in [0.15, 0.2) is 0 Å². The van der Waals surface area contributed by atoms with Gasteiger partial charge in [-0.2, -0.15) is 0 Å². The fraction of sp³-hybridized carbons (Fsp3) is 0.588. The van der Waals surface area contributed by atoms with E-state index in [2.05, 4.69) is 5.32 Å². The van der Waals surface area contributed by atoms with E-state index in [1.807, 2.05) is 34.6 Å². The lowest BCUT2D eigenvalue weighted by atomic mass is 10.2. The summed E-state index contributed by atoms with van der Waals surface area (Å²) in [5, 5.41) is 3.56. The first-order valence-corrected chi connectivity index (χ1v) is 8.11. The van der Waals surface area contributed by atoms with Crippen LogP contribution in [0.25, 0.3) is 0 Å². The van der Waals surface area contributed by atoms with Crippen LogP contribution in [0.4, 0.5) is 9.18 Å². The van der Waals surface area contributed by atoms with Crippen LogP contribution in [-0.2, 0) is 11.3 Å². The minimum atomic E-state index is -0.518. The van der Waals surface area contributed by atoms with Crippen molar-refractivity contribution in [2.45, 2.75) is 52.8 Å². The lowest BCUT2D eigenvalue weighted by Gasteiger charge is -2.30. The zero-order chi connectivity index (χ0) is 17.6. The highest BCUT2D eigenvalue weighted by atomic mass is 35.5. The van der Waals surface area contributed by atoms with Crippen LogP contribution in [0.1, 0.15) is 40.2 Å². The highest BCUT2D eigenvalue weighted by Gasteiger charge is 2.23. The molecule has 23 heavy (non-hydrogen) atoms. The van der Waals surface area contributed by atoms with E-state index in [9.17, 15) is 9.18 Å². The molecule has 0 atom stereocenters. The fourth-order valence-electron chi connectivity index (χ4n) is 2.03. The number of rotatable bonds is 6. The average molecular weight is 345 g/mol. The molecule has 0 bridgehead atoms. The highest BCUT2D eigenvalue weighted by molar-refractivity contribution is 6.30. The maximum absolute atomic E-state index is 13.3. The first-order valence-electron chi connectivity index (χ1n) is 7.74. The monoisotopic (exact) mass is 344 g/mol. The van der Waals surface area contributed by atoms with Gasteiger partial charge in [-0.25, -0.2) is 9.18 Å². The molecule has 6 heteroatoms. The summed E-state index contributed by atoms with van der Waals surface area (Å²) in [6.07, 6.45) is -0.330. The molecule has 1 N–H and O–H groups in total. The predicted molar refractivity (Wildman–Crippen MR) is 91.2 cm³/mol. The van der Waals surface area contributed by atoms with Gasteiger partial charge in [-0.3, -0.25) is 0 Å². The summed E-state index contributed by atoms with van der Waals surface area (Å²) in [5.41, 5.74) is 0.249. The van der Waals surface area contributed by atoms with Crippen LogP contribution in [0.2, 0.25) is 5.02 Å². The Labute approximate surface area is 142 Å². The largest absolute Gasteiger partial charge is 0.444 e. The summed E-state index contributed by atoms with van der Waals surface area (Å²) in [4.78, 5) is 13.8. The SMILES string of the molecule is CC(C)N(CCNCc1cc(F)cc(Cl)c1)C(=O)OC(C)(C)C. The smallest absolute Gasteiger partial charge is 0.410 e. The first kappa shape index (κ1) is 19.7. The molecule has 0 aliphatic rings. The van der Waals surface area contributed by atoms with Gasteiger partial charge in [0.2, 0.25) is 0 Å². The van der Waals surface area contributed by atoms with E-state index in [1.54, 1.807) is 11.0 Å². The second kappa shape index (κ2) is 8.50. The molecule has 0 radical (unpaired) electrons. The van der Waals surface area contributed by atoms with E-state index in [1.165, 1.54) is 12.1 Å². The lowest BCUT2D eigenvalue weighted by Crippen LogP contribution is -2.44. The zero-order valence-corrected chi connectivity index (χ0v) is 15.2. The van der Waals surface area contributed by atoms with Crippen LogP contribution in [0.3, 0.4) is 0 Å². The summed E-state index contributed by atoms with van der Waals surface area (Å²) in [7, 11) is 0. The van der Waals surface area contributed by atoms with Crippen molar-refractivity contribution in [2.75, 3.05) is 13.1 Å². The molecule has 1 rings (SSSR count). The van der Waals surface area contributed by atoms with Crippen molar-refractivity contribution in [3.05, 3.63) is 34.6 Å². The number of benzene rings is 1. The minimum Gasteiger partial charge on any atom is -0.444 e. The molecule has 0 heterocycles. The van der Waals surface area contributed by atoms with E-state index in [4.69, 9.17) is 16.3 Å². The number of amides is 1. The van der Waals surface area contributed by atoms with Crippen LogP contribution < -0.4 is 5.32 Å². The lowest BCUT2D eigenvalue weighted by molar-refractivity contribution is 0.0193. The molecule has 0 aromatic heterocycles. The Morgan fingerprint density at radius 1 is 1.35 bits per heavy atom. The van der Waals surface area contributed by atoms with Crippen LogP contribution >= 0.6 is 11.6 Å². The topological polar surface area (TPSA) is 41.6 Å². The highest BCUT2D eigenvalue weighted by Crippen LogP contribution is 2.14. The quantitative estimate of drug-likeness (QED) is 0.786. The molecule has 4 nitrogen and oxygen atoms in total. The number of carbonyl (C=O) groups excluding carboxylic acids is 1. The number of ether oxygens (including phenoxy) is 1. The Hall–Kier alpha value is -1.33. The van der Waals surface area contributed by atoms with Crippen LogP contribution in [-0.4, -0.2) is 35.7 Å². The second-order valence-electron chi connectivity index (χ2n) is 6.72. The normalized spacial score (nSPS) is 11.7. The van der Waals surface area contributed by atoms with E-state index in [0.717, 1.165) is 5.56 Å². The van der Waals surface area contributed by atoms with E-state index < -0.39 is 5.60 Å². The molecule has 0 fully saturated rings. The fourth-order valence-corrected chi connectivity index (χ4v) is 2.27. The zero-order valence-electron chi connectivity index (χ0n) is 14.5. The third-order valence-corrected chi connectivity index (χ3v) is 3.25. The van der Waals surface area contributed by atoms with Gasteiger partial charge in [-0.1, -0.05) is 11.6 Å². The Kier molecular flexibility index (Phi) is 7.29. The average Bonchev–Trinajstić information content (AvgIpc) is 2.34. The van der Waals surface area contributed by atoms with Crippen molar-refractivity contribution >= 4 is 17.7 Å². The maximum atomic E-state index is 13.3. The number of nitrogens with zero attached hydrogens (tertiary/aromatic N) is 1. The summed E-state index contributed by atoms with van der Waals surface area (Å²) in [6, 6.07) is 4.46. The molecule has 1 aromatic carbocycles. The third-order valence-electron chi connectivity index (χ3n) is 3.03. The number of hydrogen-bond acceptors (Lipinski definition) is 3. The van der Waals surface area contributed by atoms with Gasteiger partial charge in [-0.05, 0) is 58.4 Å². The first-order chi connectivity index (χ1) is 10.6. The van der Waals surface area contributed by atoms with Crippen molar-refractivity contribution < 1.29 is 13.9 Å². The number of hydrogen-bond donors (Lipinski definition) is 1. The van der Waals surface area contributed by atoms with Gasteiger partial charge in [0.05, 0.1) is 0 Å². The molecule has 1 amide bonds. The van der Waals surface area contributed by atoms with Gasteiger partial charge in [-0.15, -0.1) is 0 Å². The predicted octanol–water partition coefficient (Wildman–Crippen LogP) is 4.21. The summed E-state index contributed by atoms with van der Waals surface area (Å²) < 4.78 is 18.7. The van der Waals surface area contributed by atoms with Crippen molar-refractivity contribution in [1.29, 1.82) is 0 Å². The van der Waals surface area contributed by atoms with E-state index in [0.29, 0.717) is 24.7 Å². The molecule has 0 saturated heterocycles. The van der Waals surface area contributed by atoms with Gasteiger partial charge >= 0.3 is 6.09 Å². The maximum Gasteiger partial charge on any atom is 0.410 e. The Morgan fingerprint density at radius 3 is 2.52 bits per heavy atom. The van der Waals surface area contributed by atoms with Gasteiger partial charge in [0, 0.05) is 30.7 Å². The molecule has 130 valence electrons. The van der Waals surface area contributed by atoms with Crippen molar-refractivity contribution in [1.82, 2.24) is 10.2 Å². The van der Waals surface area contributed by atoms with Crippen LogP contribution in [0.5, 0.6) is 0 Å². The molecule has 0 aliphatic heterocycles. The molecule has 0 unspecified atom stereocenters. The number of nitrogens with one attached hydrogen (secondary N) is 1. The number of carbonyl (C=O) groups is 1. The standard InChI is InChI=1S/C17H26ClFN2O2/c1-12(2)21(16(22)23-17(3,4)5)7-6-20-11-13-8-14(18)10-15(19)9-13/h8-10,12,20H,6-7,11H2,1-5H3. The van der Waals surface area contributed by atoms with E-state index in [-0.39, 0.29) is 18.0 Å². The van der Waals surface area contributed by atoms with Gasteiger partial charge < -0.3 is 15.0 Å². The van der Waals surface area contributed by atoms with Crippen LogP contribution in [0, 0.1) is 5.82 Å². The van der Waals surface area contributed by atoms with Crippen LogP contribution in [0.15, 0.2) is 18.2 Å². The van der Waals surface area contributed by atoms with Crippen molar-refractivity contribution in [2.24, 2.45) is 0 Å². The minimum absolute atomic E-state index is 0.0373. The van der Waals surface area contributed by atoms with Crippen molar-refractivity contribution in [3.63, 3.8) is 0 Å². The Morgan fingerprint density at radius 2 is 2.00 bits per heavy atom. The molecular formula is C17H26ClFN2O2. The molecule has 1 aromatic rings. The summed E-state index contributed by atoms with van der Waals surface area (Å²) in [6.45, 7) is 11.0. The molecule has 0 spiro atoms. The second-order valence-corrected chi connectivity index (χ2v) is 7.16. The summed E-state index contributed by atoms with van der Waals surface area (Å²) in [5.74, 6) is -0.355. The molecule has 0 saturated carbocycles. The van der Waals surface area contributed by atoms with E-state index >= 15 is 0 Å². The van der Waals surface area contributed by atoms with Crippen molar-refractivity contribution in [3.8, 4) is 0 Å². The molecule has 0 aliphatic carbocycles. The molecular weight excluding hydrogens is 319 g/mol. The summed E-state index contributed by atoms with van der Waals surface area (Å²) >= 11 is 5.82. The number of halogens is 2. The van der Waals surface area contributed by atoms with Gasteiger partial charge in [0.25, 0.3) is 0 Å². The third kappa shape index (κ3) is 7.66.